The largest absolute Gasteiger partial charge is 0.480 e. The highest BCUT2D eigenvalue weighted by molar-refractivity contribution is 5.73. The van der Waals surface area contributed by atoms with Gasteiger partial charge in [-0.3, -0.25) is 4.79 Å². The maximum Gasteiger partial charge on any atom is 0.320 e. The fourth-order valence-electron chi connectivity index (χ4n) is 1.29. The van der Waals surface area contributed by atoms with Crippen LogP contribution in [0.4, 0.5) is 0 Å². The molecule has 0 saturated carbocycles. The van der Waals surface area contributed by atoms with Crippen molar-refractivity contribution >= 4 is 5.97 Å². The van der Waals surface area contributed by atoms with Crippen LogP contribution >= 0.6 is 0 Å². The highest BCUT2D eigenvalue weighted by atomic mass is 16.4. The summed E-state index contributed by atoms with van der Waals surface area (Å²) in [5, 5.41) is 20.3. The van der Waals surface area contributed by atoms with Gasteiger partial charge in [0.1, 0.15) is 6.04 Å². The topological polar surface area (TPSA) is 69.6 Å². The number of nitrogens with one attached hydrogen (secondary N) is 1. The Bertz CT molecular complexity index is 150. The van der Waals surface area contributed by atoms with E-state index in [-0.39, 0.29) is 6.61 Å². The Morgan fingerprint density at radius 2 is 2.07 bits per heavy atom. The monoisotopic (exact) mass is 203 g/mol. The van der Waals surface area contributed by atoms with Gasteiger partial charge >= 0.3 is 5.97 Å². The van der Waals surface area contributed by atoms with Crippen LogP contribution < -0.4 is 5.32 Å². The minimum Gasteiger partial charge on any atom is -0.480 e. The van der Waals surface area contributed by atoms with E-state index in [1.165, 1.54) is 0 Å². The molecule has 0 bridgehead atoms. The molecular weight excluding hydrogens is 182 g/mol. The first kappa shape index (κ1) is 13.4. The first-order valence-electron chi connectivity index (χ1n) is 5.29. The molecule has 0 aliphatic carbocycles. The van der Waals surface area contributed by atoms with E-state index in [0.29, 0.717) is 6.42 Å². The van der Waals surface area contributed by atoms with Gasteiger partial charge < -0.3 is 15.5 Å². The lowest BCUT2D eigenvalue weighted by Gasteiger charge is -2.12. The Hall–Kier alpha value is -0.610. The number of carboxylic acids is 1. The van der Waals surface area contributed by atoms with Gasteiger partial charge in [-0.15, -0.1) is 0 Å². The van der Waals surface area contributed by atoms with Crippen LogP contribution in [0.3, 0.4) is 0 Å². The summed E-state index contributed by atoms with van der Waals surface area (Å²) < 4.78 is 0. The van der Waals surface area contributed by atoms with Crippen LogP contribution in [0.15, 0.2) is 0 Å². The van der Waals surface area contributed by atoms with Gasteiger partial charge in [0, 0.05) is 6.61 Å². The molecule has 0 rings (SSSR count). The van der Waals surface area contributed by atoms with E-state index in [9.17, 15) is 4.79 Å². The zero-order valence-electron chi connectivity index (χ0n) is 8.83. The third kappa shape index (κ3) is 6.86. The Labute approximate surface area is 85.3 Å². The second-order valence-electron chi connectivity index (χ2n) is 3.42. The number of aliphatic hydroxyl groups is 1. The molecule has 0 aromatic heterocycles. The number of aliphatic hydroxyl groups excluding tert-OH is 1. The molecule has 0 amide bonds. The van der Waals surface area contributed by atoms with E-state index in [4.69, 9.17) is 10.2 Å². The van der Waals surface area contributed by atoms with Gasteiger partial charge in [0.2, 0.25) is 0 Å². The minimum absolute atomic E-state index is 0.220. The van der Waals surface area contributed by atoms with Gasteiger partial charge in [-0.25, -0.2) is 0 Å². The fourth-order valence-corrected chi connectivity index (χ4v) is 1.29. The van der Waals surface area contributed by atoms with Crippen LogP contribution in [0.25, 0.3) is 0 Å². The molecule has 84 valence electrons. The second-order valence-corrected chi connectivity index (χ2v) is 3.42. The van der Waals surface area contributed by atoms with Crippen molar-refractivity contribution in [1.29, 1.82) is 0 Å². The highest BCUT2D eigenvalue weighted by Gasteiger charge is 2.14. The highest BCUT2D eigenvalue weighted by Crippen LogP contribution is 1.98. The number of carbonyl (C=O) groups is 1. The molecule has 14 heavy (non-hydrogen) atoms. The third-order valence-corrected chi connectivity index (χ3v) is 2.10. The third-order valence-electron chi connectivity index (χ3n) is 2.10. The van der Waals surface area contributed by atoms with Crippen LogP contribution in [-0.2, 0) is 4.79 Å². The van der Waals surface area contributed by atoms with E-state index >= 15 is 0 Å². The summed E-state index contributed by atoms with van der Waals surface area (Å²) in [4.78, 5) is 10.7. The Balaban J connectivity index is 3.46. The predicted octanol–water partition coefficient (Wildman–Crippen LogP) is 0.992. The lowest BCUT2D eigenvalue weighted by Crippen LogP contribution is -2.37. The SMILES string of the molecule is CCCC(NCCCCCO)C(=O)O. The molecule has 0 aliphatic rings. The summed E-state index contributed by atoms with van der Waals surface area (Å²) >= 11 is 0. The zero-order valence-corrected chi connectivity index (χ0v) is 8.83. The van der Waals surface area contributed by atoms with Crippen LogP contribution in [0, 0.1) is 0 Å². The molecule has 4 nitrogen and oxygen atoms in total. The smallest absolute Gasteiger partial charge is 0.320 e. The molecule has 0 saturated heterocycles. The van der Waals surface area contributed by atoms with E-state index in [1.807, 2.05) is 6.92 Å². The van der Waals surface area contributed by atoms with E-state index in [1.54, 1.807) is 0 Å². The average Bonchev–Trinajstić information content (AvgIpc) is 2.15. The van der Waals surface area contributed by atoms with Crippen LogP contribution in [0.5, 0.6) is 0 Å². The molecule has 0 radical (unpaired) electrons. The van der Waals surface area contributed by atoms with Crippen molar-refractivity contribution in [2.75, 3.05) is 13.2 Å². The number of hydrogen-bond donors (Lipinski definition) is 3. The summed E-state index contributed by atoms with van der Waals surface area (Å²) in [7, 11) is 0. The van der Waals surface area contributed by atoms with Gasteiger partial charge in [0.05, 0.1) is 0 Å². The zero-order chi connectivity index (χ0) is 10.8. The number of aliphatic carboxylic acids is 1. The standard InChI is InChI=1S/C10H21NO3/c1-2-6-9(10(13)14)11-7-4-3-5-8-12/h9,11-12H,2-8H2,1H3,(H,13,14). The van der Waals surface area contributed by atoms with Gasteiger partial charge in [0.25, 0.3) is 0 Å². The summed E-state index contributed by atoms with van der Waals surface area (Å²) in [6, 6.07) is -0.408. The van der Waals surface area contributed by atoms with E-state index < -0.39 is 12.0 Å². The van der Waals surface area contributed by atoms with Crippen molar-refractivity contribution in [3.63, 3.8) is 0 Å². The summed E-state index contributed by atoms with van der Waals surface area (Å²) in [5.41, 5.74) is 0. The van der Waals surface area contributed by atoms with Crippen molar-refractivity contribution in [2.45, 2.75) is 45.1 Å². The van der Waals surface area contributed by atoms with E-state index in [2.05, 4.69) is 5.32 Å². The van der Waals surface area contributed by atoms with Gasteiger partial charge in [-0.05, 0) is 32.2 Å². The molecule has 0 aromatic carbocycles. The second kappa shape index (κ2) is 8.97. The lowest BCUT2D eigenvalue weighted by molar-refractivity contribution is -0.139. The summed E-state index contributed by atoms with van der Waals surface area (Å²) in [6.45, 7) is 2.91. The molecule has 1 unspecified atom stereocenters. The Morgan fingerprint density at radius 3 is 2.57 bits per heavy atom. The van der Waals surface area contributed by atoms with E-state index in [0.717, 1.165) is 32.2 Å². The molecule has 0 heterocycles. The summed E-state index contributed by atoms with van der Waals surface area (Å²) in [6.07, 6.45) is 4.22. The first-order valence-corrected chi connectivity index (χ1v) is 5.29. The van der Waals surface area contributed by atoms with Gasteiger partial charge in [-0.2, -0.15) is 0 Å². The molecular formula is C10H21NO3. The first-order chi connectivity index (χ1) is 6.72. The summed E-state index contributed by atoms with van der Waals surface area (Å²) in [5.74, 6) is -0.769. The molecule has 4 heteroatoms. The van der Waals surface area contributed by atoms with Crippen molar-refractivity contribution in [2.24, 2.45) is 0 Å². The van der Waals surface area contributed by atoms with Crippen molar-refractivity contribution in [1.82, 2.24) is 5.32 Å². The maximum atomic E-state index is 10.7. The lowest BCUT2D eigenvalue weighted by atomic mass is 10.1. The van der Waals surface area contributed by atoms with Crippen molar-refractivity contribution in [3.8, 4) is 0 Å². The van der Waals surface area contributed by atoms with Gasteiger partial charge in [0.15, 0.2) is 0 Å². The van der Waals surface area contributed by atoms with Crippen LogP contribution in [-0.4, -0.2) is 35.4 Å². The van der Waals surface area contributed by atoms with Crippen LogP contribution in [0.1, 0.15) is 39.0 Å². The van der Waals surface area contributed by atoms with Crippen molar-refractivity contribution in [3.05, 3.63) is 0 Å². The normalized spacial score (nSPS) is 12.7. The predicted molar refractivity (Wildman–Crippen MR) is 55.3 cm³/mol. The number of unbranched alkanes of at least 4 members (excludes halogenated alkanes) is 2. The number of carboxylic acid groups (broad SMARTS) is 1. The number of hydrogen-bond acceptors (Lipinski definition) is 3. The maximum absolute atomic E-state index is 10.7. The molecule has 0 aromatic rings. The molecule has 1 atom stereocenters. The average molecular weight is 203 g/mol. The fraction of sp³-hybridized carbons (Fsp3) is 0.900. The Morgan fingerprint density at radius 1 is 1.36 bits per heavy atom. The Kier molecular flexibility index (Phi) is 8.57. The molecule has 0 fully saturated rings. The molecule has 0 aliphatic heterocycles. The van der Waals surface area contributed by atoms with Crippen LogP contribution in [0.2, 0.25) is 0 Å². The number of rotatable bonds is 9. The van der Waals surface area contributed by atoms with Crippen molar-refractivity contribution < 1.29 is 15.0 Å². The quantitative estimate of drug-likeness (QED) is 0.489. The molecule has 0 spiro atoms. The molecule has 3 N–H and O–H groups in total. The van der Waals surface area contributed by atoms with Gasteiger partial charge in [-0.1, -0.05) is 13.3 Å². The minimum atomic E-state index is -0.769.